The van der Waals surface area contributed by atoms with Crippen LogP contribution in [0.2, 0.25) is 0 Å². The van der Waals surface area contributed by atoms with E-state index in [-0.39, 0.29) is 13.0 Å². The summed E-state index contributed by atoms with van der Waals surface area (Å²) in [5.74, 6) is -0.528. The lowest BCUT2D eigenvalue weighted by Gasteiger charge is -2.36. The first kappa shape index (κ1) is 14.8. The van der Waals surface area contributed by atoms with Crippen molar-refractivity contribution in [2.75, 3.05) is 13.7 Å². The molecule has 1 amide bonds. The van der Waals surface area contributed by atoms with Crippen molar-refractivity contribution in [3.05, 3.63) is 0 Å². The fourth-order valence-corrected chi connectivity index (χ4v) is 1.85. The predicted molar refractivity (Wildman–Crippen MR) is 64.0 cm³/mol. The second-order valence-corrected chi connectivity index (χ2v) is 5.39. The number of methoxy groups -OCH3 is 1. The van der Waals surface area contributed by atoms with Gasteiger partial charge in [-0.25, -0.2) is 9.59 Å². The Kier molecular flexibility index (Phi) is 4.56. The highest BCUT2D eigenvalue weighted by Gasteiger charge is 2.38. The summed E-state index contributed by atoms with van der Waals surface area (Å²) in [5.41, 5.74) is -0.617. The van der Waals surface area contributed by atoms with Crippen molar-refractivity contribution < 1.29 is 24.2 Å². The first-order chi connectivity index (χ1) is 8.24. The van der Waals surface area contributed by atoms with Crippen LogP contribution in [0.3, 0.4) is 0 Å². The number of likely N-dealkylation sites (tertiary alicyclic amines) is 1. The molecule has 0 aliphatic carbocycles. The maximum atomic E-state index is 12.0. The van der Waals surface area contributed by atoms with E-state index in [1.807, 2.05) is 0 Å². The van der Waals surface area contributed by atoms with Crippen LogP contribution in [0, 0.1) is 0 Å². The molecular weight excluding hydrogens is 238 g/mol. The van der Waals surface area contributed by atoms with Gasteiger partial charge in [-0.15, -0.1) is 0 Å². The van der Waals surface area contributed by atoms with Gasteiger partial charge in [0.2, 0.25) is 0 Å². The number of amides is 1. The highest BCUT2D eigenvalue weighted by Crippen LogP contribution is 2.21. The number of aliphatic hydroxyl groups is 1. The highest BCUT2D eigenvalue weighted by molar-refractivity contribution is 5.81. The molecule has 6 heteroatoms. The van der Waals surface area contributed by atoms with Gasteiger partial charge >= 0.3 is 12.1 Å². The molecule has 1 N–H and O–H groups in total. The lowest BCUT2D eigenvalue weighted by Crippen LogP contribution is -2.53. The third-order valence-corrected chi connectivity index (χ3v) is 2.68. The van der Waals surface area contributed by atoms with E-state index in [4.69, 9.17) is 4.74 Å². The molecule has 104 valence electrons. The molecule has 1 saturated heterocycles. The minimum atomic E-state index is -0.770. The lowest BCUT2D eigenvalue weighted by atomic mass is 10.00. The average molecular weight is 259 g/mol. The molecule has 1 heterocycles. The summed E-state index contributed by atoms with van der Waals surface area (Å²) in [6, 6.07) is -0.770. The fourth-order valence-electron chi connectivity index (χ4n) is 1.85. The van der Waals surface area contributed by atoms with Gasteiger partial charge in [0.05, 0.1) is 13.2 Å². The van der Waals surface area contributed by atoms with Gasteiger partial charge in [-0.2, -0.15) is 0 Å². The summed E-state index contributed by atoms with van der Waals surface area (Å²) in [5, 5.41) is 9.57. The lowest BCUT2D eigenvalue weighted by molar-refractivity contribution is -0.149. The van der Waals surface area contributed by atoms with Crippen molar-refractivity contribution in [3.8, 4) is 0 Å². The van der Waals surface area contributed by atoms with Gasteiger partial charge in [-0.3, -0.25) is 4.90 Å². The second-order valence-electron chi connectivity index (χ2n) is 5.39. The standard InChI is InChI=1S/C12H21NO5/c1-12(2,3)18-11(16)13-6-5-8(14)7-9(13)10(15)17-4/h8-9,14H,5-7H2,1-4H3. The van der Waals surface area contributed by atoms with Crippen LogP contribution in [0.1, 0.15) is 33.6 Å². The van der Waals surface area contributed by atoms with Gasteiger partial charge in [-0.1, -0.05) is 0 Å². The summed E-state index contributed by atoms with van der Waals surface area (Å²) in [6.07, 6.45) is -0.517. The first-order valence-corrected chi connectivity index (χ1v) is 6.00. The summed E-state index contributed by atoms with van der Waals surface area (Å²) < 4.78 is 9.88. The van der Waals surface area contributed by atoms with E-state index in [1.54, 1.807) is 20.8 Å². The molecule has 0 aromatic heterocycles. The van der Waals surface area contributed by atoms with Gasteiger partial charge < -0.3 is 14.6 Å². The second kappa shape index (κ2) is 5.56. The van der Waals surface area contributed by atoms with Crippen LogP contribution in [0.5, 0.6) is 0 Å². The fraction of sp³-hybridized carbons (Fsp3) is 0.833. The van der Waals surface area contributed by atoms with E-state index in [0.717, 1.165) is 0 Å². The van der Waals surface area contributed by atoms with Gasteiger partial charge in [0.15, 0.2) is 0 Å². The Morgan fingerprint density at radius 1 is 1.33 bits per heavy atom. The van der Waals surface area contributed by atoms with Crippen molar-refractivity contribution in [3.63, 3.8) is 0 Å². The van der Waals surface area contributed by atoms with Crippen LogP contribution in [0.15, 0.2) is 0 Å². The van der Waals surface area contributed by atoms with Crippen molar-refractivity contribution in [2.24, 2.45) is 0 Å². The molecule has 0 aromatic carbocycles. The molecule has 0 saturated carbocycles. The molecule has 1 rings (SSSR count). The predicted octanol–water partition coefficient (Wildman–Crippen LogP) is 0.920. The van der Waals surface area contributed by atoms with Crippen LogP contribution >= 0.6 is 0 Å². The number of hydrogen-bond acceptors (Lipinski definition) is 5. The van der Waals surface area contributed by atoms with E-state index >= 15 is 0 Å². The summed E-state index contributed by atoms with van der Waals surface area (Å²) >= 11 is 0. The SMILES string of the molecule is COC(=O)C1CC(O)CCN1C(=O)OC(C)(C)C. The molecule has 0 spiro atoms. The summed E-state index contributed by atoms with van der Waals surface area (Å²) in [6.45, 7) is 5.57. The quantitative estimate of drug-likeness (QED) is 0.709. The number of nitrogens with zero attached hydrogens (tertiary/aromatic N) is 1. The molecule has 1 fully saturated rings. The Balaban J connectivity index is 2.77. The van der Waals surface area contributed by atoms with E-state index in [2.05, 4.69) is 4.74 Å². The topological polar surface area (TPSA) is 76.1 Å². The van der Waals surface area contributed by atoms with E-state index in [9.17, 15) is 14.7 Å². The molecular formula is C12H21NO5. The van der Waals surface area contributed by atoms with Crippen molar-refractivity contribution in [1.82, 2.24) is 4.90 Å². The van der Waals surface area contributed by atoms with Crippen molar-refractivity contribution in [1.29, 1.82) is 0 Å². The maximum Gasteiger partial charge on any atom is 0.411 e. The number of ether oxygens (including phenoxy) is 2. The molecule has 2 atom stereocenters. The number of rotatable bonds is 1. The Hall–Kier alpha value is -1.30. The van der Waals surface area contributed by atoms with Crippen LogP contribution in [-0.2, 0) is 14.3 Å². The van der Waals surface area contributed by atoms with Gasteiger partial charge in [0, 0.05) is 13.0 Å². The molecule has 0 radical (unpaired) electrons. The summed E-state index contributed by atoms with van der Waals surface area (Å²) in [7, 11) is 1.26. The van der Waals surface area contributed by atoms with E-state index in [1.165, 1.54) is 12.0 Å². The Morgan fingerprint density at radius 2 is 1.94 bits per heavy atom. The zero-order valence-electron chi connectivity index (χ0n) is 11.3. The molecule has 0 bridgehead atoms. The number of esters is 1. The van der Waals surface area contributed by atoms with Crippen LogP contribution in [0.25, 0.3) is 0 Å². The normalized spacial score (nSPS) is 24.6. The van der Waals surface area contributed by atoms with Crippen molar-refractivity contribution in [2.45, 2.75) is 51.4 Å². The third kappa shape index (κ3) is 3.87. The zero-order valence-corrected chi connectivity index (χ0v) is 11.3. The number of carbonyl (C=O) groups is 2. The number of carbonyl (C=O) groups excluding carboxylic acids is 2. The Labute approximate surface area is 107 Å². The molecule has 6 nitrogen and oxygen atoms in total. The average Bonchev–Trinajstić information content (AvgIpc) is 2.25. The Morgan fingerprint density at radius 3 is 2.44 bits per heavy atom. The minimum Gasteiger partial charge on any atom is -0.467 e. The van der Waals surface area contributed by atoms with Crippen LogP contribution in [-0.4, -0.2) is 53.5 Å². The van der Waals surface area contributed by atoms with Gasteiger partial charge in [0.25, 0.3) is 0 Å². The molecule has 1 aliphatic rings. The molecule has 0 aromatic rings. The largest absolute Gasteiger partial charge is 0.467 e. The third-order valence-electron chi connectivity index (χ3n) is 2.68. The zero-order chi connectivity index (χ0) is 13.9. The number of aliphatic hydroxyl groups excluding tert-OH is 1. The first-order valence-electron chi connectivity index (χ1n) is 6.00. The number of hydrogen-bond donors (Lipinski definition) is 1. The monoisotopic (exact) mass is 259 g/mol. The highest BCUT2D eigenvalue weighted by atomic mass is 16.6. The molecule has 18 heavy (non-hydrogen) atoms. The number of piperidine rings is 1. The van der Waals surface area contributed by atoms with Crippen LogP contribution in [0.4, 0.5) is 4.79 Å². The van der Waals surface area contributed by atoms with Gasteiger partial charge in [0.1, 0.15) is 11.6 Å². The molecule has 1 aliphatic heterocycles. The summed E-state index contributed by atoms with van der Waals surface area (Å²) in [4.78, 5) is 24.9. The maximum absolute atomic E-state index is 12.0. The smallest absolute Gasteiger partial charge is 0.411 e. The minimum absolute atomic E-state index is 0.186. The Bertz CT molecular complexity index is 323. The van der Waals surface area contributed by atoms with Crippen molar-refractivity contribution >= 4 is 12.1 Å². The van der Waals surface area contributed by atoms with Gasteiger partial charge in [-0.05, 0) is 27.2 Å². The molecule has 2 unspecified atom stereocenters. The van der Waals surface area contributed by atoms with E-state index < -0.39 is 29.8 Å². The van der Waals surface area contributed by atoms with E-state index in [0.29, 0.717) is 6.42 Å². The van der Waals surface area contributed by atoms with Crippen LogP contribution < -0.4 is 0 Å².